The third kappa shape index (κ3) is 6.42. The van der Waals surface area contributed by atoms with Gasteiger partial charge in [0.25, 0.3) is 11.6 Å². The van der Waals surface area contributed by atoms with Gasteiger partial charge < -0.3 is 25.4 Å². The van der Waals surface area contributed by atoms with Gasteiger partial charge in [-0.15, -0.1) is 10.2 Å². The highest BCUT2D eigenvalue weighted by Crippen LogP contribution is 2.43. The summed E-state index contributed by atoms with van der Waals surface area (Å²) in [7, 11) is 3.50. The Kier molecular flexibility index (Phi) is 7.83. The Morgan fingerprint density at radius 3 is 2.40 bits per heavy atom. The molecule has 0 spiro atoms. The fourth-order valence-electron chi connectivity index (χ4n) is 2.99. The fraction of sp³-hybridized carbons (Fsp3) is 0.200. The molecule has 1 aromatic carbocycles. The maximum absolute atomic E-state index is 13.2. The summed E-state index contributed by atoms with van der Waals surface area (Å²) in [6.07, 6.45) is -1.15. The first-order valence-corrected chi connectivity index (χ1v) is 10.5. The zero-order valence-electron chi connectivity index (χ0n) is 18.2. The van der Waals surface area contributed by atoms with Crippen molar-refractivity contribution >= 4 is 34.8 Å². The highest BCUT2D eigenvalue weighted by atomic mass is 32.1. The number of carbonyl (C=O) groups is 2. The topological polar surface area (TPSA) is 163 Å². The molecule has 15 heteroatoms. The van der Waals surface area contributed by atoms with Gasteiger partial charge in [-0.05, 0) is 37.9 Å². The van der Waals surface area contributed by atoms with Crippen LogP contribution in [0.1, 0.15) is 15.9 Å². The normalized spacial score (nSPS) is 10.9. The van der Waals surface area contributed by atoms with Crippen molar-refractivity contribution in [3.05, 3.63) is 57.6 Å². The number of carbonyl (C=O) groups excluding carboxylic acids is 2. The Hall–Kier alpha value is -4.24. The molecule has 0 unspecified atom stereocenters. The molecule has 0 aliphatic carbocycles. The van der Waals surface area contributed by atoms with E-state index >= 15 is 0 Å². The molecule has 0 aliphatic rings. The molecular weight excluding hydrogens is 490 g/mol. The lowest BCUT2D eigenvalue weighted by Gasteiger charge is -2.13. The van der Waals surface area contributed by atoms with Crippen molar-refractivity contribution in [1.82, 2.24) is 15.1 Å². The number of anilines is 1. The summed E-state index contributed by atoms with van der Waals surface area (Å²) >= 11 is 0.952. The smallest absolute Gasteiger partial charge is 0.410 e. The quantitative estimate of drug-likeness (QED) is 0.325. The SMILES string of the molecule is CN(C)Cc1c(-c2ccc([N+](=O)[O-])cc2)sc(OC(N)=O)c1C(=O)Nc1ccc(OC(F)F)nn1. The number of nitrogens with zero attached hydrogens (tertiary/aromatic N) is 4. The van der Waals surface area contributed by atoms with Crippen LogP contribution in [-0.4, -0.2) is 52.7 Å². The average molecular weight is 508 g/mol. The predicted octanol–water partition coefficient (Wildman–Crippen LogP) is 3.49. The first kappa shape index (κ1) is 25.4. The maximum Gasteiger partial charge on any atom is 0.410 e. The lowest BCUT2D eigenvalue weighted by molar-refractivity contribution is -0.384. The van der Waals surface area contributed by atoms with E-state index in [-0.39, 0.29) is 28.7 Å². The molecule has 184 valence electrons. The number of benzene rings is 1. The van der Waals surface area contributed by atoms with Crippen molar-refractivity contribution < 1.29 is 32.8 Å². The number of nitro groups is 1. The van der Waals surface area contributed by atoms with Crippen LogP contribution >= 0.6 is 11.3 Å². The van der Waals surface area contributed by atoms with E-state index in [4.69, 9.17) is 10.5 Å². The Balaban J connectivity index is 2.04. The molecule has 3 aromatic rings. The van der Waals surface area contributed by atoms with Crippen LogP contribution in [0.5, 0.6) is 10.9 Å². The van der Waals surface area contributed by atoms with Crippen LogP contribution in [0.4, 0.5) is 25.1 Å². The lowest BCUT2D eigenvalue weighted by Crippen LogP contribution is -2.21. The van der Waals surface area contributed by atoms with Crippen LogP contribution in [0.25, 0.3) is 10.4 Å². The van der Waals surface area contributed by atoms with Crippen molar-refractivity contribution in [3.8, 4) is 21.4 Å². The molecule has 2 amide bonds. The summed E-state index contributed by atoms with van der Waals surface area (Å²) in [5.74, 6) is -1.26. The van der Waals surface area contributed by atoms with Crippen LogP contribution in [0.3, 0.4) is 0 Å². The zero-order chi connectivity index (χ0) is 25.7. The second-order valence-electron chi connectivity index (χ2n) is 7.12. The monoisotopic (exact) mass is 508 g/mol. The second kappa shape index (κ2) is 10.8. The number of hydrogen-bond donors (Lipinski definition) is 2. The summed E-state index contributed by atoms with van der Waals surface area (Å²) in [5, 5.41) is 20.4. The molecule has 12 nitrogen and oxygen atoms in total. The summed E-state index contributed by atoms with van der Waals surface area (Å²) in [5.41, 5.74) is 6.03. The minimum Gasteiger partial charge on any atom is -0.415 e. The molecule has 0 fully saturated rings. The van der Waals surface area contributed by atoms with E-state index < -0.39 is 29.4 Å². The van der Waals surface area contributed by atoms with Crippen LogP contribution in [0, 0.1) is 10.1 Å². The number of nitrogens with two attached hydrogens (primary N) is 1. The van der Waals surface area contributed by atoms with E-state index in [0.29, 0.717) is 16.0 Å². The van der Waals surface area contributed by atoms with Crippen molar-refractivity contribution in [1.29, 1.82) is 0 Å². The number of non-ortho nitro benzene ring substituents is 1. The molecule has 3 rings (SSSR count). The fourth-order valence-corrected chi connectivity index (χ4v) is 4.16. The standard InChI is InChI=1S/C20H18F2N6O6S/c1-27(2)9-12-15(17(29)24-13-7-8-14(26-25-13)33-19(21)22)18(34-20(23)30)35-16(12)10-3-5-11(6-4-10)28(31)32/h3-8,19H,9H2,1-2H3,(H2,23,30)(H,24,25,29). The number of alkyl halides is 2. The molecular formula is C20H18F2N6O6S. The van der Waals surface area contributed by atoms with E-state index in [1.165, 1.54) is 30.3 Å². The molecule has 0 radical (unpaired) electrons. The van der Waals surface area contributed by atoms with Gasteiger partial charge in [-0.1, -0.05) is 11.3 Å². The Bertz CT molecular complexity index is 1230. The van der Waals surface area contributed by atoms with Gasteiger partial charge in [-0.2, -0.15) is 8.78 Å². The maximum atomic E-state index is 13.2. The summed E-state index contributed by atoms with van der Waals surface area (Å²) in [6, 6.07) is 7.92. The number of amides is 2. The first-order chi connectivity index (χ1) is 16.5. The van der Waals surface area contributed by atoms with Gasteiger partial charge in [0.2, 0.25) is 5.88 Å². The van der Waals surface area contributed by atoms with Crippen LogP contribution in [-0.2, 0) is 6.54 Å². The van der Waals surface area contributed by atoms with Gasteiger partial charge >= 0.3 is 12.7 Å². The molecule has 0 aliphatic heterocycles. The summed E-state index contributed by atoms with van der Waals surface area (Å²) < 4.78 is 33.8. The van der Waals surface area contributed by atoms with Gasteiger partial charge in [0, 0.05) is 35.2 Å². The average Bonchev–Trinajstić information content (AvgIpc) is 3.11. The van der Waals surface area contributed by atoms with Gasteiger partial charge in [-0.3, -0.25) is 14.9 Å². The molecule has 0 saturated carbocycles. The van der Waals surface area contributed by atoms with Crippen LogP contribution in [0.15, 0.2) is 36.4 Å². The highest BCUT2D eigenvalue weighted by Gasteiger charge is 2.28. The number of nitro benzene ring substituents is 1. The molecule has 2 heterocycles. The second-order valence-corrected chi connectivity index (χ2v) is 8.11. The minimum absolute atomic E-state index is 0.0226. The molecule has 3 N–H and O–H groups in total. The lowest BCUT2D eigenvalue weighted by atomic mass is 10.0. The number of thiophene rings is 1. The van der Waals surface area contributed by atoms with E-state index in [9.17, 15) is 28.5 Å². The molecule has 0 bridgehead atoms. The number of hydrogen-bond acceptors (Lipinski definition) is 10. The third-order valence-electron chi connectivity index (χ3n) is 4.30. The summed E-state index contributed by atoms with van der Waals surface area (Å²) in [6.45, 7) is -2.86. The predicted molar refractivity (Wildman–Crippen MR) is 121 cm³/mol. The van der Waals surface area contributed by atoms with Crippen LogP contribution in [0.2, 0.25) is 0 Å². The Morgan fingerprint density at radius 1 is 1.20 bits per heavy atom. The zero-order valence-corrected chi connectivity index (χ0v) is 19.0. The van der Waals surface area contributed by atoms with E-state index in [2.05, 4.69) is 20.3 Å². The van der Waals surface area contributed by atoms with E-state index in [1.54, 1.807) is 19.0 Å². The Labute approximate surface area is 200 Å². The number of ether oxygens (including phenoxy) is 2. The van der Waals surface area contributed by atoms with Gasteiger partial charge in [0.05, 0.1) is 10.5 Å². The van der Waals surface area contributed by atoms with Crippen molar-refractivity contribution in [2.45, 2.75) is 13.2 Å². The van der Waals surface area contributed by atoms with E-state index in [0.717, 1.165) is 17.4 Å². The Morgan fingerprint density at radius 2 is 1.89 bits per heavy atom. The minimum atomic E-state index is -3.09. The number of nitrogens with one attached hydrogen (secondary N) is 1. The number of rotatable bonds is 9. The van der Waals surface area contributed by atoms with Crippen LogP contribution < -0.4 is 20.5 Å². The number of aromatic nitrogens is 2. The largest absolute Gasteiger partial charge is 0.415 e. The molecule has 35 heavy (non-hydrogen) atoms. The van der Waals surface area contributed by atoms with Gasteiger partial charge in [-0.25, -0.2) is 4.79 Å². The molecule has 0 atom stereocenters. The van der Waals surface area contributed by atoms with Gasteiger partial charge in [0.1, 0.15) is 0 Å². The first-order valence-electron chi connectivity index (χ1n) is 9.67. The van der Waals surface area contributed by atoms with Crippen molar-refractivity contribution in [2.24, 2.45) is 5.73 Å². The van der Waals surface area contributed by atoms with E-state index in [1.807, 2.05) is 0 Å². The van der Waals surface area contributed by atoms with Crippen molar-refractivity contribution in [2.75, 3.05) is 19.4 Å². The third-order valence-corrected chi connectivity index (χ3v) is 5.46. The summed E-state index contributed by atoms with van der Waals surface area (Å²) in [4.78, 5) is 37.5. The number of halogens is 2. The molecule has 2 aromatic heterocycles. The van der Waals surface area contributed by atoms with Gasteiger partial charge in [0.15, 0.2) is 10.9 Å². The van der Waals surface area contributed by atoms with Crippen molar-refractivity contribution in [3.63, 3.8) is 0 Å². The number of primary amides is 1. The molecule has 0 saturated heterocycles. The highest BCUT2D eigenvalue weighted by molar-refractivity contribution is 7.18.